The van der Waals surface area contributed by atoms with Gasteiger partial charge in [0.2, 0.25) is 0 Å². The van der Waals surface area contributed by atoms with Gasteiger partial charge in [-0.15, -0.1) is 0 Å². The lowest BCUT2D eigenvalue weighted by Crippen LogP contribution is -2.40. The van der Waals surface area contributed by atoms with Crippen molar-refractivity contribution in [3.05, 3.63) is 54.7 Å². The molecule has 1 atom stereocenters. The van der Waals surface area contributed by atoms with Crippen LogP contribution in [-0.2, 0) is 4.74 Å². The monoisotopic (exact) mass is 334 g/mol. The summed E-state index contributed by atoms with van der Waals surface area (Å²) in [5.74, 6) is -0.176. The number of pyridine rings is 3. The Morgan fingerprint density at radius 1 is 1.16 bits per heavy atom. The fraction of sp³-hybridized carbons (Fsp3) is 0.263. The first-order valence-corrected chi connectivity index (χ1v) is 8.35. The molecular formula is C19H18N4O2. The smallest absolute Gasteiger partial charge is 0.270 e. The molecule has 0 bridgehead atoms. The second-order valence-electron chi connectivity index (χ2n) is 6.07. The highest BCUT2D eigenvalue weighted by Crippen LogP contribution is 2.27. The zero-order valence-electron chi connectivity index (χ0n) is 13.7. The van der Waals surface area contributed by atoms with Gasteiger partial charge in [-0.25, -0.2) is 4.98 Å². The lowest BCUT2D eigenvalue weighted by molar-refractivity contribution is 0.0622. The van der Waals surface area contributed by atoms with Crippen LogP contribution in [0.1, 0.15) is 23.3 Å². The summed E-state index contributed by atoms with van der Waals surface area (Å²) in [6.45, 7) is 1.32. The minimum atomic E-state index is -0.176. The third-order valence-electron chi connectivity index (χ3n) is 4.33. The van der Waals surface area contributed by atoms with Crippen molar-refractivity contribution >= 4 is 16.8 Å². The maximum absolute atomic E-state index is 12.7. The van der Waals surface area contributed by atoms with Crippen LogP contribution in [0.25, 0.3) is 22.0 Å². The predicted molar refractivity (Wildman–Crippen MR) is 94.1 cm³/mol. The van der Waals surface area contributed by atoms with Crippen LogP contribution in [0, 0.1) is 0 Å². The Kier molecular flexibility index (Phi) is 4.35. The average molecular weight is 334 g/mol. The third kappa shape index (κ3) is 3.34. The summed E-state index contributed by atoms with van der Waals surface area (Å²) in [6, 6.07) is 7.51. The molecule has 0 radical (unpaired) electrons. The molecule has 0 unspecified atom stereocenters. The number of carbonyl (C=O) groups is 1. The van der Waals surface area contributed by atoms with Gasteiger partial charge >= 0.3 is 0 Å². The van der Waals surface area contributed by atoms with Crippen LogP contribution in [0.3, 0.4) is 0 Å². The molecule has 0 aliphatic carbocycles. The SMILES string of the molecule is O=C(N[C@@H]1CCCOC1)c1cc(-c2ccncc2)c2cnccc2n1. The summed E-state index contributed by atoms with van der Waals surface area (Å²) in [5.41, 5.74) is 3.04. The second-order valence-corrected chi connectivity index (χ2v) is 6.07. The number of nitrogens with one attached hydrogen (secondary N) is 1. The molecule has 4 heterocycles. The molecule has 126 valence electrons. The standard InChI is InChI=1S/C19H18N4O2/c24-19(22-14-2-1-9-25-12-14)18-10-15(13-3-6-20-7-4-13)16-11-21-8-5-17(16)23-18/h3-8,10-11,14H,1-2,9,12H2,(H,22,24)/t14-/m1/s1. The summed E-state index contributed by atoms with van der Waals surface area (Å²) in [7, 11) is 0. The predicted octanol–water partition coefficient (Wildman–Crippen LogP) is 2.60. The molecule has 1 saturated heterocycles. The molecule has 25 heavy (non-hydrogen) atoms. The van der Waals surface area contributed by atoms with Crippen LogP contribution in [0.5, 0.6) is 0 Å². The summed E-state index contributed by atoms with van der Waals surface area (Å²) in [6.07, 6.45) is 8.82. The number of ether oxygens (including phenoxy) is 1. The number of nitrogens with zero attached hydrogens (tertiary/aromatic N) is 3. The number of rotatable bonds is 3. The Bertz CT molecular complexity index is 892. The van der Waals surface area contributed by atoms with Gasteiger partial charge in [-0.3, -0.25) is 14.8 Å². The molecule has 6 nitrogen and oxygen atoms in total. The number of aromatic nitrogens is 3. The highest BCUT2D eigenvalue weighted by Gasteiger charge is 2.19. The first-order valence-electron chi connectivity index (χ1n) is 8.35. The summed E-state index contributed by atoms with van der Waals surface area (Å²) in [5, 5.41) is 3.93. The van der Waals surface area contributed by atoms with Crippen molar-refractivity contribution in [2.45, 2.75) is 18.9 Å². The van der Waals surface area contributed by atoms with Crippen molar-refractivity contribution < 1.29 is 9.53 Å². The number of fused-ring (bicyclic) bond motifs is 1. The number of hydrogen-bond donors (Lipinski definition) is 1. The van der Waals surface area contributed by atoms with Gasteiger partial charge in [0.1, 0.15) is 5.69 Å². The van der Waals surface area contributed by atoms with Gasteiger partial charge in [0.05, 0.1) is 18.2 Å². The van der Waals surface area contributed by atoms with E-state index in [-0.39, 0.29) is 11.9 Å². The first-order chi connectivity index (χ1) is 12.3. The molecular weight excluding hydrogens is 316 g/mol. The van der Waals surface area contributed by atoms with E-state index in [1.807, 2.05) is 24.3 Å². The molecule has 6 heteroatoms. The normalized spacial score (nSPS) is 17.4. The highest BCUT2D eigenvalue weighted by molar-refractivity contribution is 6.01. The van der Waals surface area contributed by atoms with Crippen molar-refractivity contribution in [3.63, 3.8) is 0 Å². The minimum absolute atomic E-state index is 0.0422. The van der Waals surface area contributed by atoms with Gasteiger partial charge in [0, 0.05) is 36.8 Å². The van der Waals surface area contributed by atoms with E-state index in [1.54, 1.807) is 24.8 Å². The lowest BCUT2D eigenvalue weighted by atomic mass is 10.0. The van der Waals surface area contributed by atoms with E-state index in [0.29, 0.717) is 12.3 Å². The zero-order valence-corrected chi connectivity index (χ0v) is 13.7. The second kappa shape index (κ2) is 6.94. The van der Waals surface area contributed by atoms with E-state index in [2.05, 4.69) is 20.3 Å². The topological polar surface area (TPSA) is 77.0 Å². The molecule has 3 aromatic rings. The van der Waals surface area contributed by atoms with Crippen LogP contribution >= 0.6 is 0 Å². The van der Waals surface area contributed by atoms with E-state index in [4.69, 9.17) is 4.74 Å². The number of carbonyl (C=O) groups excluding carboxylic acids is 1. The van der Waals surface area contributed by atoms with Crippen molar-refractivity contribution in [3.8, 4) is 11.1 Å². The average Bonchev–Trinajstić information content (AvgIpc) is 2.68. The van der Waals surface area contributed by atoms with Gasteiger partial charge in [-0.05, 0) is 48.2 Å². The lowest BCUT2D eigenvalue weighted by Gasteiger charge is -2.23. The Morgan fingerprint density at radius 3 is 2.80 bits per heavy atom. The molecule has 0 spiro atoms. The van der Waals surface area contributed by atoms with Gasteiger partial charge in [-0.1, -0.05) is 0 Å². The van der Waals surface area contributed by atoms with Crippen LogP contribution in [0.2, 0.25) is 0 Å². The van der Waals surface area contributed by atoms with E-state index < -0.39 is 0 Å². The molecule has 4 rings (SSSR count). The van der Waals surface area contributed by atoms with E-state index in [1.165, 1.54) is 0 Å². The minimum Gasteiger partial charge on any atom is -0.379 e. The van der Waals surface area contributed by atoms with Crippen molar-refractivity contribution in [2.75, 3.05) is 13.2 Å². The molecule has 3 aromatic heterocycles. The van der Waals surface area contributed by atoms with Crippen molar-refractivity contribution in [1.82, 2.24) is 20.3 Å². The van der Waals surface area contributed by atoms with Crippen LogP contribution < -0.4 is 5.32 Å². The molecule has 1 aliphatic rings. The van der Waals surface area contributed by atoms with E-state index in [0.717, 1.165) is 41.5 Å². The molecule has 1 aliphatic heterocycles. The molecule has 0 aromatic carbocycles. The van der Waals surface area contributed by atoms with Crippen molar-refractivity contribution in [2.24, 2.45) is 0 Å². The summed E-state index contributed by atoms with van der Waals surface area (Å²) in [4.78, 5) is 25.5. The Balaban J connectivity index is 1.73. The Hall–Kier alpha value is -2.86. The van der Waals surface area contributed by atoms with E-state index in [9.17, 15) is 4.79 Å². The largest absolute Gasteiger partial charge is 0.379 e. The van der Waals surface area contributed by atoms with Gasteiger partial charge in [-0.2, -0.15) is 0 Å². The fourth-order valence-electron chi connectivity index (χ4n) is 3.07. The van der Waals surface area contributed by atoms with Gasteiger partial charge < -0.3 is 10.1 Å². The van der Waals surface area contributed by atoms with Crippen molar-refractivity contribution in [1.29, 1.82) is 0 Å². The van der Waals surface area contributed by atoms with Crippen LogP contribution in [0.4, 0.5) is 0 Å². The third-order valence-corrected chi connectivity index (χ3v) is 4.33. The fourth-order valence-corrected chi connectivity index (χ4v) is 3.07. The first kappa shape index (κ1) is 15.7. The highest BCUT2D eigenvalue weighted by atomic mass is 16.5. The zero-order chi connectivity index (χ0) is 17.1. The van der Waals surface area contributed by atoms with Gasteiger partial charge in [0.15, 0.2) is 0 Å². The van der Waals surface area contributed by atoms with Crippen LogP contribution in [-0.4, -0.2) is 40.1 Å². The maximum Gasteiger partial charge on any atom is 0.270 e. The molecule has 0 saturated carbocycles. The maximum atomic E-state index is 12.7. The Labute approximate surface area is 145 Å². The summed E-state index contributed by atoms with van der Waals surface area (Å²) >= 11 is 0. The quantitative estimate of drug-likeness (QED) is 0.797. The summed E-state index contributed by atoms with van der Waals surface area (Å²) < 4.78 is 5.43. The molecule has 1 fully saturated rings. The Morgan fingerprint density at radius 2 is 2.00 bits per heavy atom. The number of hydrogen-bond acceptors (Lipinski definition) is 5. The van der Waals surface area contributed by atoms with Gasteiger partial charge in [0.25, 0.3) is 5.91 Å². The molecule has 1 N–H and O–H groups in total. The van der Waals surface area contributed by atoms with E-state index >= 15 is 0 Å². The number of amides is 1. The van der Waals surface area contributed by atoms with Crippen LogP contribution in [0.15, 0.2) is 49.1 Å². The molecule has 1 amide bonds.